The van der Waals surface area contributed by atoms with Crippen LogP contribution in [0, 0.1) is 20.8 Å². The lowest BCUT2D eigenvalue weighted by Gasteiger charge is -2.09. The van der Waals surface area contributed by atoms with Gasteiger partial charge in [0.1, 0.15) is 11.6 Å². The zero-order valence-electron chi connectivity index (χ0n) is 10.8. The van der Waals surface area contributed by atoms with E-state index in [-0.39, 0.29) is 0 Å². The van der Waals surface area contributed by atoms with E-state index in [1.165, 1.54) is 0 Å². The molecule has 1 N–H and O–H groups in total. The molecule has 0 amide bonds. The molecule has 2 rings (SSSR count). The first-order valence-electron chi connectivity index (χ1n) is 5.75. The third-order valence-corrected chi connectivity index (χ3v) is 3.57. The van der Waals surface area contributed by atoms with E-state index in [0.717, 1.165) is 39.5 Å². The Kier molecular flexibility index (Phi) is 3.65. The highest BCUT2D eigenvalue weighted by atomic mass is 79.9. The van der Waals surface area contributed by atoms with Gasteiger partial charge in [-0.25, -0.2) is 9.97 Å². The van der Waals surface area contributed by atoms with Crippen LogP contribution in [0.3, 0.4) is 0 Å². The summed E-state index contributed by atoms with van der Waals surface area (Å²) < 4.78 is 6.05. The van der Waals surface area contributed by atoms with Crippen LogP contribution in [0.4, 0.5) is 5.82 Å². The number of halogens is 1. The first-order chi connectivity index (χ1) is 8.54. The number of anilines is 1. The van der Waals surface area contributed by atoms with Crippen LogP contribution >= 0.6 is 15.9 Å². The molecule has 0 fully saturated rings. The molecule has 0 aromatic carbocycles. The summed E-state index contributed by atoms with van der Waals surface area (Å²) in [6.07, 6.45) is 0. The van der Waals surface area contributed by atoms with Crippen molar-refractivity contribution in [3.8, 4) is 11.4 Å². The third-order valence-electron chi connectivity index (χ3n) is 2.62. The number of nitrogens with one attached hydrogen (secondary N) is 1. The van der Waals surface area contributed by atoms with Gasteiger partial charge < -0.3 is 9.84 Å². The van der Waals surface area contributed by atoms with Gasteiger partial charge in [-0.3, -0.25) is 0 Å². The van der Waals surface area contributed by atoms with Gasteiger partial charge in [-0.1, -0.05) is 5.16 Å². The molecule has 18 heavy (non-hydrogen) atoms. The predicted octanol–water partition coefficient (Wildman–Crippen LogP) is 3.25. The molecular formula is C12H15BrN4O. The average Bonchev–Trinajstić information content (AvgIpc) is 2.65. The van der Waals surface area contributed by atoms with Crippen molar-refractivity contribution < 1.29 is 4.52 Å². The first kappa shape index (κ1) is 13.0. The summed E-state index contributed by atoms with van der Waals surface area (Å²) in [6.45, 7) is 8.52. The number of hydrogen-bond acceptors (Lipinski definition) is 5. The number of hydrogen-bond donors (Lipinski definition) is 1. The van der Waals surface area contributed by atoms with Gasteiger partial charge in [0.15, 0.2) is 5.82 Å². The maximum absolute atomic E-state index is 5.16. The molecule has 0 spiro atoms. The molecule has 0 saturated carbocycles. The van der Waals surface area contributed by atoms with Crippen molar-refractivity contribution in [1.29, 1.82) is 0 Å². The van der Waals surface area contributed by atoms with Crippen LogP contribution in [-0.4, -0.2) is 21.7 Å². The van der Waals surface area contributed by atoms with Crippen LogP contribution < -0.4 is 5.32 Å². The van der Waals surface area contributed by atoms with Crippen molar-refractivity contribution in [2.75, 3.05) is 11.9 Å². The third kappa shape index (κ3) is 2.25. The molecule has 2 heterocycles. The van der Waals surface area contributed by atoms with E-state index < -0.39 is 0 Å². The smallest absolute Gasteiger partial charge is 0.167 e. The van der Waals surface area contributed by atoms with Crippen molar-refractivity contribution in [2.24, 2.45) is 0 Å². The molecule has 2 aromatic heterocycles. The molecule has 5 nitrogen and oxygen atoms in total. The lowest BCUT2D eigenvalue weighted by molar-refractivity contribution is 0.393. The van der Waals surface area contributed by atoms with Crippen LogP contribution in [-0.2, 0) is 0 Å². The standard InChI is InChI=1S/C12H15BrN4O/c1-5-14-12-10(13)7(3)15-11(16-12)9-6(2)17-18-8(9)4/h5H2,1-4H3,(H,14,15,16). The summed E-state index contributed by atoms with van der Waals surface area (Å²) in [7, 11) is 0. The Morgan fingerprint density at radius 2 is 1.89 bits per heavy atom. The van der Waals surface area contributed by atoms with Crippen LogP contribution in [0.25, 0.3) is 11.4 Å². The fraction of sp³-hybridized carbons (Fsp3) is 0.417. The largest absolute Gasteiger partial charge is 0.369 e. The maximum atomic E-state index is 5.16. The number of aryl methyl sites for hydroxylation is 3. The van der Waals surface area contributed by atoms with E-state index in [1.54, 1.807) is 0 Å². The predicted molar refractivity (Wildman–Crippen MR) is 73.6 cm³/mol. The monoisotopic (exact) mass is 310 g/mol. The van der Waals surface area contributed by atoms with Crippen molar-refractivity contribution in [3.63, 3.8) is 0 Å². The van der Waals surface area contributed by atoms with Gasteiger partial charge in [-0.05, 0) is 43.6 Å². The molecule has 0 radical (unpaired) electrons. The topological polar surface area (TPSA) is 63.8 Å². The first-order valence-corrected chi connectivity index (χ1v) is 6.55. The highest BCUT2D eigenvalue weighted by Crippen LogP contribution is 2.29. The Bertz CT molecular complexity index is 560. The number of nitrogens with zero attached hydrogens (tertiary/aromatic N) is 3. The zero-order chi connectivity index (χ0) is 13.3. The lowest BCUT2D eigenvalue weighted by Crippen LogP contribution is -2.05. The number of rotatable bonds is 3. The second-order valence-electron chi connectivity index (χ2n) is 4.02. The SMILES string of the molecule is CCNc1nc(-c2c(C)noc2C)nc(C)c1Br. The van der Waals surface area contributed by atoms with Gasteiger partial charge >= 0.3 is 0 Å². The lowest BCUT2D eigenvalue weighted by atomic mass is 10.2. The molecule has 0 aliphatic heterocycles. The summed E-state index contributed by atoms with van der Waals surface area (Å²) >= 11 is 3.49. The summed E-state index contributed by atoms with van der Waals surface area (Å²) in [5.41, 5.74) is 2.55. The Balaban J connectivity index is 2.59. The fourth-order valence-electron chi connectivity index (χ4n) is 1.76. The van der Waals surface area contributed by atoms with E-state index >= 15 is 0 Å². The molecule has 0 atom stereocenters. The van der Waals surface area contributed by atoms with Crippen molar-refractivity contribution in [1.82, 2.24) is 15.1 Å². The average molecular weight is 311 g/mol. The molecule has 0 aliphatic rings. The van der Waals surface area contributed by atoms with Crippen LogP contribution in [0.5, 0.6) is 0 Å². The van der Waals surface area contributed by atoms with E-state index in [9.17, 15) is 0 Å². The van der Waals surface area contributed by atoms with E-state index in [2.05, 4.69) is 36.4 Å². The van der Waals surface area contributed by atoms with Crippen LogP contribution in [0.2, 0.25) is 0 Å². The Labute approximate surface area is 114 Å². The molecule has 0 saturated heterocycles. The van der Waals surface area contributed by atoms with Gasteiger partial charge in [0, 0.05) is 6.54 Å². The van der Waals surface area contributed by atoms with Crippen LogP contribution in [0.1, 0.15) is 24.1 Å². The molecule has 0 aliphatic carbocycles. The van der Waals surface area contributed by atoms with E-state index in [0.29, 0.717) is 5.82 Å². The van der Waals surface area contributed by atoms with Gasteiger partial charge in [0.05, 0.1) is 21.4 Å². The second-order valence-corrected chi connectivity index (χ2v) is 4.82. The number of aromatic nitrogens is 3. The normalized spacial score (nSPS) is 10.7. The molecule has 2 aromatic rings. The Morgan fingerprint density at radius 3 is 2.44 bits per heavy atom. The van der Waals surface area contributed by atoms with Crippen LogP contribution in [0.15, 0.2) is 9.00 Å². The Hall–Kier alpha value is -1.43. The minimum atomic E-state index is 0.642. The molecule has 6 heteroatoms. The molecular weight excluding hydrogens is 296 g/mol. The molecule has 0 bridgehead atoms. The summed E-state index contributed by atoms with van der Waals surface area (Å²) in [4.78, 5) is 9.00. The van der Waals surface area contributed by atoms with E-state index in [1.807, 2.05) is 27.7 Å². The fourth-order valence-corrected chi connectivity index (χ4v) is 2.08. The maximum Gasteiger partial charge on any atom is 0.167 e. The van der Waals surface area contributed by atoms with Crippen molar-refractivity contribution >= 4 is 21.7 Å². The zero-order valence-corrected chi connectivity index (χ0v) is 12.4. The van der Waals surface area contributed by atoms with Gasteiger partial charge in [-0.15, -0.1) is 0 Å². The second kappa shape index (κ2) is 5.06. The minimum Gasteiger partial charge on any atom is -0.369 e. The van der Waals surface area contributed by atoms with E-state index in [4.69, 9.17) is 4.52 Å². The van der Waals surface area contributed by atoms with Crippen molar-refractivity contribution in [3.05, 3.63) is 21.6 Å². The van der Waals surface area contributed by atoms with Gasteiger partial charge in [-0.2, -0.15) is 0 Å². The minimum absolute atomic E-state index is 0.642. The highest BCUT2D eigenvalue weighted by molar-refractivity contribution is 9.10. The Morgan fingerprint density at radius 1 is 1.17 bits per heavy atom. The molecule has 0 unspecified atom stereocenters. The van der Waals surface area contributed by atoms with Crippen molar-refractivity contribution in [2.45, 2.75) is 27.7 Å². The summed E-state index contributed by atoms with van der Waals surface area (Å²) in [5.74, 6) is 2.17. The van der Waals surface area contributed by atoms with Gasteiger partial charge in [0.2, 0.25) is 0 Å². The highest BCUT2D eigenvalue weighted by Gasteiger charge is 2.17. The molecule has 96 valence electrons. The summed E-state index contributed by atoms with van der Waals surface area (Å²) in [5, 5.41) is 7.14. The quantitative estimate of drug-likeness (QED) is 0.942. The van der Waals surface area contributed by atoms with Gasteiger partial charge in [0.25, 0.3) is 0 Å². The summed E-state index contributed by atoms with van der Waals surface area (Å²) in [6, 6.07) is 0.